The molecule has 0 saturated carbocycles. The van der Waals surface area contributed by atoms with E-state index < -0.39 is 0 Å². The summed E-state index contributed by atoms with van der Waals surface area (Å²) in [6, 6.07) is 17.6. The smallest absolute Gasteiger partial charge is 0.274 e. The third-order valence-corrected chi connectivity index (χ3v) is 4.30. The zero-order valence-electron chi connectivity index (χ0n) is 15.2. The Morgan fingerprint density at radius 1 is 1.11 bits per heavy atom. The van der Waals surface area contributed by atoms with Gasteiger partial charge in [0.2, 0.25) is 0 Å². The van der Waals surface area contributed by atoms with E-state index >= 15 is 0 Å². The second kappa shape index (κ2) is 7.40. The summed E-state index contributed by atoms with van der Waals surface area (Å²) in [4.78, 5) is 24.7. The highest BCUT2D eigenvalue weighted by molar-refractivity contribution is 6.04. The number of carbonyl (C=O) groups excluding carboxylic acids is 1. The Bertz CT molecular complexity index is 1160. The van der Waals surface area contributed by atoms with E-state index in [4.69, 9.17) is 4.42 Å². The molecular weight excluding hydrogens is 356 g/mol. The zero-order valence-corrected chi connectivity index (χ0v) is 15.2. The van der Waals surface area contributed by atoms with E-state index in [-0.39, 0.29) is 11.5 Å². The van der Waals surface area contributed by atoms with Crippen molar-refractivity contribution in [1.29, 1.82) is 0 Å². The largest absolute Gasteiger partial charge is 0.463 e. The number of nitrogens with zero attached hydrogens (tertiary/aromatic N) is 3. The monoisotopic (exact) mass is 374 g/mol. The van der Waals surface area contributed by atoms with Crippen molar-refractivity contribution in [3.05, 3.63) is 89.2 Å². The third-order valence-electron chi connectivity index (χ3n) is 4.30. The van der Waals surface area contributed by atoms with Crippen LogP contribution in [0, 0.1) is 0 Å². The molecule has 140 valence electrons. The first-order valence-corrected chi connectivity index (χ1v) is 8.87. The highest BCUT2D eigenvalue weighted by atomic mass is 16.3. The number of hydrogen-bond donors (Lipinski definition) is 1. The number of anilines is 1. The summed E-state index contributed by atoms with van der Waals surface area (Å²) in [5.41, 5.74) is 2.08. The number of aryl methyl sites for hydroxylation is 1. The molecule has 0 aliphatic rings. The molecule has 28 heavy (non-hydrogen) atoms. The van der Waals surface area contributed by atoms with Crippen molar-refractivity contribution in [2.24, 2.45) is 0 Å². The van der Waals surface area contributed by atoms with Gasteiger partial charge in [-0.25, -0.2) is 4.68 Å². The molecule has 1 amide bonds. The van der Waals surface area contributed by atoms with E-state index in [9.17, 15) is 9.59 Å². The number of benzene rings is 1. The van der Waals surface area contributed by atoms with Crippen LogP contribution in [0.4, 0.5) is 5.69 Å². The van der Waals surface area contributed by atoms with E-state index in [0.29, 0.717) is 29.4 Å². The van der Waals surface area contributed by atoms with Gasteiger partial charge in [0.1, 0.15) is 11.4 Å². The van der Waals surface area contributed by atoms with Crippen LogP contribution in [0.1, 0.15) is 17.4 Å². The quantitative estimate of drug-likeness (QED) is 0.579. The zero-order chi connectivity index (χ0) is 19.5. The summed E-state index contributed by atoms with van der Waals surface area (Å²) in [5, 5.41) is 7.38. The minimum Gasteiger partial charge on any atom is -0.463 e. The Balaban J connectivity index is 1.73. The molecule has 0 radical (unpaired) electrons. The molecule has 0 aliphatic carbocycles. The summed E-state index contributed by atoms with van der Waals surface area (Å²) in [7, 11) is 0. The van der Waals surface area contributed by atoms with Crippen LogP contribution >= 0.6 is 0 Å². The predicted molar refractivity (Wildman–Crippen MR) is 106 cm³/mol. The van der Waals surface area contributed by atoms with Gasteiger partial charge in [-0.2, -0.15) is 5.10 Å². The highest BCUT2D eigenvalue weighted by Gasteiger charge is 2.19. The molecule has 0 bridgehead atoms. The van der Waals surface area contributed by atoms with Crippen LogP contribution < -0.4 is 10.9 Å². The average molecular weight is 374 g/mol. The van der Waals surface area contributed by atoms with E-state index in [1.807, 2.05) is 37.3 Å². The summed E-state index contributed by atoms with van der Waals surface area (Å²) in [6.07, 6.45) is 3.18. The second-order valence-electron chi connectivity index (χ2n) is 6.14. The minimum atomic E-state index is -0.338. The van der Waals surface area contributed by atoms with Crippen molar-refractivity contribution in [3.8, 4) is 17.1 Å². The van der Waals surface area contributed by atoms with Gasteiger partial charge >= 0.3 is 0 Å². The molecule has 1 aromatic carbocycles. The van der Waals surface area contributed by atoms with Gasteiger partial charge in [-0.15, -0.1) is 0 Å². The van der Waals surface area contributed by atoms with Gasteiger partial charge in [0.25, 0.3) is 11.5 Å². The lowest BCUT2D eigenvalue weighted by Gasteiger charge is -2.09. The number of hydrogen-bond acceptors (Lipinski definition) is 4. The molecule has 0 fully saturated rings. The van der Waals surface area contributed by atoms with Crippen molar-refractivity contribution < 1.29 is 9.21 Å². The molecule has 0 aliphatic heterocycles. The Morgan fingerprint density at radius 2 is 1.93 bits per heavy atom. The van der Waals surface area contributed by atoms with E-state index in [0.717, 1.165) is 5.69 Å². The molecule has 0 spiro atoms. The maximum atomic E-state index is 13.0. The first-order valence-electron chi connectivity index (χ1n) is 8.87. The van der Waals surface area contributed by atoms with Crippen LogP contribution in [-0.4, -0.2) is 20.3 Å². The highest BCUT2D eigenvalue weighted by Crippen LogP contribution is 2.23. The number of nitrogens with one attached hydrogen (secondary N) is 1. The average Bonchev–Trinajstić information content (AvgIpc) is 3.40. The Hall–Kier alpha value is -3.87. The van der Waals surface area contributed by atoms with Crippen LogP contribution in [0.15, 0.2) is 82.3 Å². The predicted octanol–water partition coefficient (Wildman–Crippen LogP) is 3.57. The van der Waals surface area contributed by atoms with Crippen molar-refractivity contribution in [2.75, 3.05) is 5.32 Å². The Morgan fingerprint density at radius 3 is 2.64 bits per heavy atom. The summed E-state index contributed by atoms with van der Waals surface area (Å²) in [6.45, 7) is 2.39. The van der Waals surface area contributed by atoms with E-state index in [2.05, 4.69) is 10.4 Å². The van der Waals surface area contributed by atoms with E-state index in [1.54, 1.807) is 41.4 Å². The molecule has 0 atom stereocenters. The van der Waals surface area contributed by atoms with Crippen LogP contribution in [-0.2, 0) is 6.54 Å². The first kappa shape index (κ1) is 17.5. The third kappa shape index (κ3) is 3.37. The molecular formula is C21H18N4O3. The molecule has 4 aromatic rings. The van der Waals surface area contributed by atoms with Gasteiger partial charge in [0, 0.05) is 24.9 Å². The van der Waals surface area contributed by atoms with Crippen molar-refractivity contribution in [3.63, 3.8) is 0 Å². The van der Waals surface area contributed by atoms with Gasteiger partial charge in [0.15, 0.2) is 5.76 Å². The summed E-state index contributed by atoms with van der Waals surface area (Å²) >= 11 is 0. The molecule has 0 unspecified atom stereocenters. The SMILES string of the molecule is CCn1cc(NC(=O)c2cc(-c3ccco3)nn2-c2ccccc2)ccc1=O. The molecule has 1 N–H and O–H groups in total. The lowest BCUT2D eigenvalue weighted by molar-refractivity contribution is 0.101. The first-order chi connectivity index (χ1) is 13.7. The van der Waals surface area contributed by atoms with Crippen molar-refractivity contribution in [1.82, 2.24) is 14.3 Å². The maximum absolute atomic E-state index is 13.0. The van der Waals surface area contributed by atoms with Crippen molar-refractivity contribution in [2.45, 2.75) is 13.5 Å². The Labute approximate surface area is 160 Å². The molecule has 3 aromatic heterocycles. The maximum Gasteiger partial charge on any atom is 0.274 e. The summed E-state index contributed by atoms with van der Waals surface area (Å²) in [5.74, 6) is 0.235. The number of furan rings is 1. The van der Waals surface area contributed by atoms with Gasteiger partial charge in [-0.1, -0.05) is 18.2 Å². The van der Waals surface area contributed by atoms with Crippen LogP contribution in [0.2, 0.25) is 0 Å². The van der Waals surface area contributed by atoms with Gasteiger partial charge in [0.05, 0.1) is 17.6 Å². The topological polar surface area (TPSA) is 82.1 Å². The minimum absolute atomic E-state index is 0.116. The normalized spacial score (nSPS) is 10.8. The molecule has 0 saturated heterocycles. The van der Waals surface area contributed by atoms with E-state index in [1.165, 1.54) is 10.6 Å². The number of carbonyl (C=O) groups is 1. The lowest BCUT2D eigenvalue weighted by Crippen LogP contribution is -2.21. The van der Waals surface area contributed by atoms with Gasteiger partial charge < -0.3 is 14.3 Å². The van der Waals surface area contributed by atoms with Gasteiger partial charge in [-0.3, -0.25) is 9.59 Å². The fourth-order valence-electron chi connectivity index (χ4n) is 2.90. The number of para-hydroxylation sites is 1. The number of rotatable bonds is 5. The molecule has 4 rings (SSSR count). The van der Waals surface area contributed by atoms with Crippen molar-refractivity contribution >= 4 is 11.6 Å². The Kier molecular flexibility index (Phi) is 4.63. The molecule has 7 heteroatoms. The molecule has 3 heterocycles. The van der Waals surface area contributed by atoms with Crippen LogP contribution in [0.5, 0.6) is 0 Å². The van der Waals surface area contributed by atoms with Crippen LogP contribution in [0.25, 0.3) is 17.1 Å². The standard InChI is InChI=1S/C21H18N4O3/c1-2-24-14-15(10-11-20(24)26)22-21(27)18-13-17(19-9-6-12-28-19)23-25(18)16-7-4-3-5-8-16/h3-14H,2H2,1H3,(H,22,27). The fraction of sp³-hybridized carbons (Fsp3) is 0.0952. The van der Waals surface area contributed by atoms with Crippen LogP contribution in [0.3, 0.4) is 0 Å². The number of aromatic nitrogens is 3. The number of pyridine rings is 1. The van der Waals surface area contributed by atoms with Gasteiger partial charge in [-0.05, 0) is 37.3 Å². The fourth-order valence-corrected chi connectivity index (χ4v) is 2.90. The summed E-state index contributed by atoms with van der Waals surface area (Å²) < 4.78 is 8.52. The number of amides is 1. The lowest BCUT2D eigenvalue weighted by atomic mass is 10.2. The second-order valence-corrected chi connectivity index (χ2v) is 6.14. The molecule has 7 nitrogen and oxygen atoms in total.